The second-order valence-corrected chi connectivity index (χ2v) is 6.83. The average molecular weight is 457 g/mol. The van der Waals surface area contributed by atoms with Crippen LogP contribution in [0.5, 0.6) is 0 Å². The monoisotopic (exact) mass is 456 g/mol. The highest BCUT2D eigenvalue weighted by Crippen LogP contribution is 2.35. The lowest BCUT2D eigenvalue weighted by Gasteiger charge is -2.28. The van der Waals surface area contributed by atoms with Crippen molar-refractivity contribution >= 4 is 17.8 Å². The largest absolute Gasteiger partial charge is 0.434 e. The van der Waals surface area contributed by atoms with E-state index >= 15 is 0 Å². The minimum atomic E-state index is -4.73. The fourth-order valence-corrected chi connectivity index (χ4v) is 3.15. The van der Waals surface area contributed by atoms with Crippen molar-refractivity contribution in [2.45, 2.75) is 46.7 Å². The zero-order valence-corrected chi connectivity index (χ0v) is 19.0. The van der Waals surface area contributed by atoms with Crippen molar-refractivity contribution in [2.75, 3.05) is 54.9 Å². The summed E-state index contributed by atoms with van der Waals surface area (Å²) in [6.07, 6.45) is -2.04. The molecule has 1 saturated heterocycles. The number of morpholine rings is 1. The van der Waals surface area contributed by atoms with E-state index in [1.807, 2.05) is 37.5 Å². The van der Waals surface area contributed by atoms with Crippen LogP contribution in [0.4, 0.5) is 31.0 Å². The Morgan fingerprint density at radius 2 is 1.66 bits per heavy atom. The molecule has 0 amide bonds. The van der Waals surface area contributed by atoms with Gasteiger partial charge in [0.2, 0.25) is 17.8 Å². The number of anilines is 3. The van der Waals surface area contributed by atoms with Gasteiger partial charge in [-0.15, -0.1) is 0 Å². The van der Waals surface area contributed by atoms with Crippen molar-refractivity contribution in [3.63, 3.8) is 0 Å². The Kier molecular flexibility index (Phi) is 9.36. The lowest BCUT2D eigenvalue weighted by atomic mass is 10.2. The van der Waals surface area contributed by atoms with Crippen molar-refractivity contribution < 1.29 is 17.9 Å². The first-order valence-electron chi connectivity index (χ1n) is 10.9. The molecular formula is C20H31F3N8O. The Morgan fingerprint density at radius 1 is 1.03 bits per heavy atom. The summed E-state index contributed by atoms with van der Waals surface area (Å²) >= 11 is 0. The number of alkyl halides is 3. The first-order valence-corrected chi connectivity index (χ1v) is 10.9. The molecule has 0 spiro atoms. The molecule has 2 aromatic rings. The molecule has 2 aromatic heterocycles. The molecule has 9 nitrogen and oxygen atoms in total. The highest BCUT2D eigenvalue weighted by molar-refractivity contribution is 5.62. The van der Waals surface area contributed by atoms with E-state index < -0.39 is 17.8 Å². The summed E-state index contributed by atoms with van der Waals surface area (Å²) in [7, 11) is 0. The minimum Gasteiger partial charge on any atom is -0.378 e. The maximum Gasteiger partial charge on any atom is 0.434 e. The molecule has 0 radical (unpaired) electrons. The number of nitrogen functional groups attached to an aromatic ring is 1. The van der Waals surface area contributed by atoms with Gasteiger partial charge in [0.25, 0.3) is 0 Å². The molecule has 32 heavy (non-hydrogen) atoms. The van der Waals surface area contributed by atoms with E-state index in [4.69, 9.17) is 10.5 Å². The van der Waals surface area contributed by atoms with E-state index in [-0.39, 0.29) is 11.4 Å². The van der Waals surface area contributed by atoms with Crippen LogP contribution in [-0.4, -0.2) is 64.3 Å². The number of halogens is 3. The molecule has 1 aliphatic heterocycles. The van der Waals surface area contributed by atoms with E-state index in [9.17, 15) is 13.2 Å². The van der Waals surface area contributed by atoms with Crippen LogP contribution in [0.1, 0.15) is 46.2 Å². The fourth-order valence-electron chi connectivity index (χ4n) is 3.15. The van der Waals surface area contributed by atoms with Crippen molar-refractivity contribution in [1.29, 1.82) is 0 Å². The molecule has 1 aliphatic rings. The van der Waals surface area contributed by atoms with Crippen molar-refractivity contribution in [3.8, 4) is 11.4 Å². The van der Waals surface area contributed by atoms with Gasteiger partial charge in [-0.05, 0) is 12.8 Å². The maximum absolute atomic E-state index is 13.6. The smallest absolute Gasteiger partial charge is 0.378 e. The van der Waals surface area contributed by atoms with Gasteiger partial charge >= 0.3 is 6.18 Å². The van der Waals surface area contributed by atoms with Crippen LogP contribution in [0.2, 0.25) is 0 Å². The Labute approximate surface area is 186 Å². The molecule has 12 heteroatoms. The van der Waals surface area contributed by atoms with E-state index in [0.717, 1.165) is 19.0 Å². The molecular weight excluding hydrogens is 425 g/mol. The van der Waals surface area contributed by atoms with Crippen LogP contribution in [0.25, 0.3) is 11.4 Å². The van der Waals surface area contributed by atoms with Crippen LogP contribution in [0.3, 0.4) is 0 Å². The second kappa shape index (κ2) is 11.7. The third kappa shape index (κ3) is 6.38. The number of aromatic nitrogens is 5. The van der Waals surface area contributed by atoms with Gasteiger partial charge in [0.1, 0.15) is 0 Å². The highest BCUT2D eigenvalue weighted by atomic mass is 19.4. The lowest BCUT2D eigenvalue weighted by molar-refractivity contribution is -0.140. The summed E-state index contributed by atoms with van der Waals surface area (Å²) in [5, 5.41) is 0. The molecule has 0 saturated carbocycles. The van der Waals surface area contributed by atoms with Gasteiger partial charge < -0.3 is 20.3 Å². The van der Waals surface area contributed by atoms with Gasteiger partial charge in [-0.3, -0.25) is 0 Å². The molecule has 0 bridgehead atoms. The van der Waals surface area contributed by atoms with Crippen molar-refractivity contribution in [2.24, 2.45) is 0 Å². The van der Waals surface area contributed by atoms with E-state index in [1.54, 1.807) is 0 Å². The van der Waals surface area contributed by atoms with Crippen LogP contribution in [-0.2, 0) is 10.9 Å². The SMILES string of the molecule is CC.CCCN(CCC)c1nc(-c2cnc(N)nc2C(F)(F)F)nc(N2CCOCC2)n1. The predicted octanol–water partition coefficient (Wildman–Crippen LogP) is 3.42. The first-order chi connectivity index (χ1) is 15.3. The molecule has 3 rings (SSSR count). The van der Waals surface area contributed by atoms with Gasteiger partial charge in [0, 0.05) is 32.4 Å². The average Bonchev–Trinajstić information content (AvgIpc) is 2.80. The number of hydrogen-bond donors (Lipinski definition) is 1. The van der Waals surface area contributed by atoms with E-state index in [0.29, 0.717) is 51.3 Å². The summed E-state index contributed by atoms with van der Waals surface area (Å²) in [6, 6.07) is 0. The number of nitrogens with two attached hydrogens (primary N) is 1. The second-order valence-electron chi connectivity index (χ2n) is 6.83. The number of nitrogens with zero attached hydrogens (tertiary/aromatic N) is 7. The highest BCUT2D eigenvalue weighted by Gasteiger charge is 2.37. The Balaban J connectivity index is 0.00000176. The van der Waals surface area contributed by atoms with Crippen LogP contribution in [0.15, 0.2) is 6.20 Å². The minimum absolute atomic E-state index is 0.133. The van der Waals surface area contributed by atoms with Gasteiger partial charge in [-0.1, -0.05) is 27.7 Å². The number of ether oxygens (including phenoxy) is 1. The maximum atomic E-state index is 13.6. The standard InChI is InChI=1S/C18H25F3N8O.C2H6/c1-3-5-28(6-4-2)16-25-14(26-17(27-16)29-7-9-30-10-8-29)12-11-23-15(22)24-13(12)18(19,20)21;1-2/h11H,3-10H2,1-2H3,(H2,22,23,24);1-2H3. The fraction of sp³-hybridized carbons (Fsp3) is 0.650. The summed E-state index contributed by atoms with van der Waals surface area (Å²) in [5.41, 5.74) is 3.90. The van der Waals surface area contributed by atoms with Crippen molar-refractivity contribution in [1.82, 2.24) is 24.9 Å². The summed E-state index contributed by atoms with van der Waals surface area (Å²) in [4.78, 5) is 24.2. The third-order valence-corrected chi connectivity index (χ3v) is 4.49. The number of rotatable bonds is 7. The molecule has 0 unspecified atom stereocenters. The Morgan fingerprint density at radius 3 is 2.22 bits per heavy atom. The lowest BCUT2D eigenvalue weighted by Crippen LogP contribution is -2.38. The van der Waals surface area contributed by atoms with Gasteiger partial charge in [-0.2, -0.15) is 28.1 Å². The third-order valence-electron chi connectivity index (χ3n) is 4.49. The van der Waals surface area contributed by atoms with Gasteiger partial charge in [-0.25, -0.2) is 9.97 Å². The zero-order chi connectivity index (χ0) is 23.7. The molecule has 0 atom stereocenters. The molecule has 178 valence electrons. The van der Waals surface area contributed by atoms with E-state index in [1.165, 1.54) is 0 Å². The Bertz CT molecular complexity index is 853. The molecule has 0 aliphatic carbocycles. The summed E-state index contributed by atoms with van der Waals surface area (Å²) < 4.78 is 46.2. The molecule has 0 aromatic carbocycles. The first kappa shape index (κ1) is 25.5. The number of hydrogen-bond acceptors (Lipinski definition) is 9. The van der Waals surface area contributed by atoms with Crippen LogP contribution >= 0.6 is 0 Å². The van der Waals surface area contributed by atoms with E-state index in [2.05, 4.69) is 24.9 Å². The molecule has 2 N–H and O–H groups in total. The summed E-state index contributed by atoms with van der Waals surface area (Å²) in [6.45, 7) is 11.4. The predicted molar refractivity (Wildman–Crippen MR) is 117 cm³/mol. The normalized spacial score (nSPS) is 14.0. The van der Waals surface area contributed by atoms with Gasteiger partial charge in [0.15, 0.2) is 11.5 Å². The zero-order valence-electron chi connectivity index (χ0n) is 19.0. The van der Waals surface area contributed by atoms with Crippen LogP contribution in [0, 0.1) is 0 Å². The van der Waals surface area contributed by atoms with Crippen LogP contribution < -0.4 is 15.5 Å². The topological polar surface area (TPSA) is 106 Å². The van der Waals surface area contributed by atoms with Crippen molar-refractivity contribution in [3.05, 3.63) is 11.9 Å². The molecule has 1 fully saturated rings. The summed E-state index contributed by atoms with van der Waals surface area (Å²) in [5.74, 6) is 0.0361. The van der Waals surface area contributed by atoms with Gasteiger partial charge in [0.05, 0.1) is 18.8 Å². The quantitative estimate of drug-likeness (QED) is 0.671. The Hall–Kier alpha value is -2.76. The molecule has 3 heterocycles.